The normalized spacial score (nSPS) is 23.7. The first-order valence-corrected chi connectivity index (χ1v) is 10.4. The van der Waals surface area contributed by atoms with Crippen LogP contribution in [0.3, 0.4) is 0 Å². The molecule has 2 fully saturated rings. The highest BCUT2D eigenvalue weighted by atomic mass is 32.1. The van der Waals surface area contributed by atoms with Gasteiger partial charge in [-0.05, 0) is 49.1 Å². The second kappa shape index (κ2) is 6.83. The van der Waals surface area contributed by atoms with E-state index in [2.05, 4.69) is 0 Å². The first kappa shape index (κ1) is 18.1. The Hall–Kier alpha value is -2.96. The fraction of sp³-hybridized carbons (Fsp3) is 0.217. The SMILES string of the molecule is Cc1ccc(N2C(=O)[C@H]3[C@@H](ON(c4ccccc4C)[C@H]3c3cccs3)C2=O)cc1. The number of anilines is 2. The van der Waals surface area contributed by atoms with Crippen LogP contribution in [0.4, 0.5) is 11.4 Å². The molecule has 5 nitrogen and oxygen atoms in total. The molecule has 2 saturated heterocycles. The van der Waals surface area contributed by atoms with Crippen molar-refractivity contribution in [2.24, 2.45) is 5.92 Å². The summed E-state index contributed by atoms with van der Waals surface area (Å²) < 4.78 is 0. The first-order valence-electron chi connectivity index (χ1n) is 9.56. The van der Waals surface area contributed by atoms with Crippen molar-refractivity contribution in [1.82, 2.24) is 0 Å². The van der Waals surface area contributed by atoms with E-state index >= 15 is 0 Å². The molecule has 0 spiro atoms. The average molecular weight is 404 g/mol. The number of carbonyl (C=O) groups excluding carboxylic acids is 2. The fourth-order valence-electron chi connectivity index (χ4n) is 4.13. The second-order valence-corrected chi connectivity index (χ2v) is 8.45. The molecule has 6 heteroatoms. The number of carbonyl (C=O) groups is 2. The van der Waals surface area contributed by atoms with Crippen LogP contribution in [0.2, 0.25) is 0 Å². The standard InChI is InChI=1S/C23H20N2O3S/c1-14-9-11-16(12-10-14)24-22(26)19-20(18-8-5-13-29-18)25(28-21(19)23(24)27)17-7-4-3-6-15(17)2/h3-13,19-21H,1-2H3/t19-,20+,21-/m1/s1. The maximum atomic E-state index is 13.5. The van der Waals surface area contributed by atoms with E-state index in [1.54, 1.807) is 16.4 Å². The summed E-state index contributed by atoms with van der Waals surface area (Å²) in [5, 5.41) is 3.75. The summed E-state index contributed by atoms with van der Waals surface area (Å²) in [7, 11) is 0. The summed E-state index contributed by atoms with van der Waals surface area (Å²) in [4.78, 5) is 35.1. The number of hydrogen-bond donors (Lipinski definition) is 0. The van der Waals surface area contributed by atoms with E-state index in [4.69, 9.17) is 4.84 Å². The van der Waals surface area contributed by atoms with E-state index in [0.29, 0.717) is 5.69 Å². The molecular formula is C23H20N2O3S. The number of hydroxylamine groups is 1. The van der Waals surface area contributed by atoms with Crippen molar-refractivity contribution >= 4 is 34.5 Å². The quantitative estimate of drug-likeness (QED) is 0.607. The van der Waals surface area contributed by atoms with Gasteiger partial charge in [0.1, 0.15) is 12.0 Å². The third-order valence-electron chi connectivity index (χ3n) is 5.60. The Kier molecular flexibility index (Phi) is 4.26. The van der Waals surface area contributed by atoms with Gasteiger partial charge in [-0.15, -0.1) is 11.3 Å². The average Bonchev–Trinajstić information content (AvgIpc) is 3.41. The zero-order valence-corrected chi connectivity index (χ0v) is 16.9. The molecule has 2 aliphatic rings. The highest BCUT2D eigenvalue weighted by Gasteiger charge is 2.60. The number of aryl methyl sites for hydroxylation is 2. The summed E-state index contributed by atoms with van der Waals surface area (Å²) in [6.45, 7) is 3.97. The first-order chi connectivity index (χ1) is 14.1. The van der Waals surface area contributed by atoms with Crippen molar-refractivity contribution in [2.75, 3.05) is 9.96 Å². The highest BCUT2D eigenvalue weighted by molar-refractivity contribution is 7.10. The van der Waals surface area contributed by atoms with Crippen LogP contribution in [-0.4, -0.2) is 17.9 Å². The van der Waals surface area contributed by atoms with Gasteiger partial charge in [-0.3, -0.25) is 14.4 Å². The van der Waals surface area contributed by atoms with Gasteiger partial charge in [0.15, 0.2) is 6.10 Å². The van der Waals surface area contributed by atoms with Gasteiger partial charge in [0.05, 0.1) is 11.4 Å². The van der Waals surface area contributed by atoms with E-state index < -0.39 is 12.0 Å². The molecule has 5 rings (SSSR count). The molecule has 2 amide bonds. The number of para-hydroxylation sites is 1. The number of benzene rings is 2. The van der Waals surface area contributed by atoms with E-state index in [0.717, 1.165) is 21.7 Å². The zero-order valence-electron chi connectivity index (χ0n) is 16.1. The van der Waals surface area contributed by atoms with Crippen molar-refractivity contribution in [2.45, 2.75) is 26.0 Å². The van der Waals surface area contributed by atoms with Gasteiger partial charge in [-0.2, -0.15) is 0 Å². The molecule has 0 aliphatic carbocycles. The van der Waals surface area contributed by atoms with Crippen molar-refractivity contribution in [3.63, 3.8) is 0 Å². The molecule has 0 radical (unpaired) electrons. The number of fused-ring (bicyclic) bond motifs is 1. The molecule has 0 unspecified atom stereocenters. The molecule has 146 valence electrons. The molecule has 0 saturated carbocycles. The van der Waals surface area contributed by atoms with E-state index in [9.17, 15) is 9.59 Å². The van der Waals surface area contributed by atoms with Crippen LogP contribution in [0.25, 0.3) is 0 Å². The van der Waals surface area contributed by atoms with Crippen LogP contribution < -0.4 is 9.96 Å². The summed E-state index contributed by atoms with van der Waals surface area (Å²) in [5.74, 6) is -1.10. The predicted molar refractivity (Wildman–Crippen MR) is 113 cm³/mol. The maximum Gasteiger partial charge on any atom is 0.266 e. The van der Waals surface area contributed by atoms with Crippen LogP contribution in [0.1, 0.15) is 22.0 Å². The topological polar surface area (TPSA) is 49.9 Å². The minimum atomic E-state index is -0.824. The van der Waals surface area contributed by atoms with Gasteiger partial charge in [-0.1, -0.05) is 42.0 Å². The Morgan fingerprint density at radius 3 is 2.34 bits per heavy atom. The van der Waals surface area contributed by atoms with Crippen LogP contribution in [0.5, 0.6) is 0 Å². The third-order valence-corrected chi connectivity index (χ3v) is 6.54. The van der Waals surface area contributed by atoms with Gasteiger partial charge < -0.3 is 0 Å². The van der Waals surface area contributed by atoms with Crippen LogP contribution >= 0.6 is 11.3 Å². The lowest BCUT2D eigenvalue weighted by molar-refractivity contribution is -0.126. The van der Waals surface area contributed by atoms with Crippen LogP contribution in [-0.2, 0) is 14.4 Å². The van der Waals surface area contributed by atoms with E-state index in [-0.39, 0.29) is 17.9 Å². The molecule has 2 aliphatic heterocycles. The summed E-state index contributed by atoms with van der Waals surface area (Å²) in [6, 6.07) is 18.9. The molecule has 0 N–H and O–H groups in total. The molecular weight excluding hydrogens is 384 g/mol. The highest BCUT2D eigenvalue weighted by Crippen LogP contribution is 2.49. The van der Waals surface area contributed by atoms with Crippen molar-refractivity contribution < 1.29 is 14.4 Å². The summed E-state index contributed by atoms with van der Waals surface area (Å²) in [5.41, 5.74) is 3.58. The van der Waals surface area contributed by atoms with Crippen LogP contribution in [0, 0.1) is 19.8 Å². The molecule has 3 heterocycles. The number of amides is 2. The predicted octanol–water partition coefficient (Wildman–Crippen LogP) is 4.42. The minimum absolute atomic E-state index is 0.210. The van der Waals surface area contributed by atoms with E-state index in [1.807, 2.05) is 79.9 Å². The second-order valence-electron chi connectivity index (χ2n) is 7.47. The number of rotatable bonds is 3. The lowest BCUT2D eigenvalue weighted by atomic mass is 9.95. The van der Waals surface area contributed by atoms with Crippen LogP contribution in [0.15, 0.2) is 66.0 Å². The largest absolute Gasteiger partial charge is 0.273 e. The monoisotopic (exact) mass is 404 g/mol. The summed E-state index contributed by atoms with van der Waals surface area (Å²) >= 11 is 1.57. The minimum Gasteiger partial charge on any atom is -0.273 e. The Labute approximate surface area is 173 Å². The smallest absolute Gasteiger partial charge is 0.266 e. The molecule has 1 aromatic heterocycles. The molecule has 29 heavy (non-hydrogen) atoms. The van der Waals surface area contributed by atoms with Gasteiger partial charge in [-0.25, -0.2) is 9.96 Å². The molecule has 3 aromatic rings. The molecule has 3 atom stereocenters. The van der Waals surface area contributed by atoms with Crippen molar-refractivity contribution in [3.8, 4) is 0 Å². The zero-order chi connectivity index (χ0) is 20.1. The Morgan fingerprint density at radius 2 is 1.66 bits per heavy atom. The molecule has 0 bridgehead atoms. The molecule has 2 aromatic carbocycles. The third kappa shape index (κ3) is 2.79. The lowest BCUT2D eigenvalue weighted by Gasteiger charge is -2.28. The van der Waals surface area contributed by atoms with Crippen molar-refractivity contribution in [3.05, 3.63) is 82.0 Å². The lowest BCUT2D eigenvalue weighted by Crippen LogP contribution is -2.37. The number of hydrogen-bond acceptors (Lipinski definition) is 5. The van der Waals surface area contributed by atoms with E-state index in [1.165, 1.54) is 4.90 Å². The van der Waals surface area contributed by atoms with Gasteiger partial charge >= 0.3 is 0 Å². The Bertz CT molecular complexity index is 1080. The number of thiophene rings is 1. The summed E-state index contributed by atoms with van der Waals surface area (Å²) in [6.07, 6.45) is -0.824. The van der Waals surface area contributed by atoms with Crippen molar-refractivity contribution in [1.29, 1.82) is 0 Å². The van der Waals surface area contributed by atoms with Gasteiger partial charge in [0.2, 0.25) is 5.91 Å². The Morgan fingerprint density at radius 1 is 0.897 bits per heavy atom. The number of imide groups is 1. The van der Waals surface area contributed by atoms with Gasteiger partial charge in [0.25, 0.3) is 5.91 Å². The Balaban J connectivity index is 1.58. The number of nitrogens with zero attached hydrogens (tertiary/aromatic N) is 2. The fourth-order valence-corrected chi connectivity index (χ4v) is 4.98. The maximum absolute atomic E-state index is 13.5. The van der Waals surface area contributed by atoms with Gasteiger partial charge in [0, 0.05) is 4.88 Å².